The molecule has 0 amide bonds. The minimum Gasteiger partial charge on any atom is -0.456 e. The Balaban J connectivity index is 0.00000315. The third kappa shape index (κ3) is 8.10. The molecule has 4 nitrogen and oxygen atoms in total. The van der Waals surface area contributed by atoms with Gasteiger partial charge < -0.3 is 19.1 Å². The van der Waals surface area contributed by atoms with Crippen LogP contribution in [0.1, 0.15) is 54.2 Å². The second kappa shape index (κ2) is 21.6. The molecule has 15 aromatic rings. The van der Waals surface area contributed by atoms with Gasteiger partial charge in [-0.1, -0.05) is 214 Å². The lowest BCUT2D eigenvalue weighted by Crippen LogP contribution is -2.26. The number of ether oxygens (including phenoxy) is 1. The summed E-state index contributed by atoms with van der Waals surface area (Å²) in [5, 5.41) is 9.71. The molecule has 0 atom stereocenters. The molecule has 6 heteroatoms. The standard InChI is InChI=1S/C81H57N3OS2.C2H6/c1-5-6-37-66(82(2)3)75(50-25-8-7-9-26-50)80(60-34-22-44-73-77(60)58-32-15-20-42-71(58)86-73)85-51-46-47-56-63(48-51)81(61-35-17-12-27-52(61)53-28-13-18-36-62(53)81)64-49-70(54-29-10-11-30-55(54)76(56)64)84(69-41-24-45-74-79(69)59-33-16-21-43-72(59)87-74)68-40-23-39-67-78(68)57-31-14-19-38-65(57)83(67)4;1-2/h5-49H,1-4H3;1-2H3/b6-5-,66-37+,80-75+;. The highest BCUT2D eigenvalue weighted by Crippen LogP contribution is 2.66. The predicted molar refractivity (Wildman–Crippen MR) is 383 cm³/mol. The highest BCUT2D eigenvalue weighted by Gasteiger charge is 2.53. The highest BCUT2D eigenvalue weighted by atomic mass is 32.1. The molecule has 0 bridgehead atoms. The maximum absolute atomic E-state index is 7.95. The molecule has 0 N–H and O–H groups in total. The average molecular weight is 1180 g/mol. The van der Waals surface area contributed by atoms with E-state index in [0.29, 0.717) is 0 Å². The molecule has 0 fully saturated rings. The zero-order chi connectivity index (χ0) is 60.1. The van der Waals surface area contributed by atoms with E-state index in [0.717, 1.165) is 51.0 Å². The van der Waals surface area contributed by atoms with Gasteiger partial charge in [0.25, 0.3) is 0 Å². The van der Waals surface area contributed by atoms with E-state index < -0.39 is 5.41 Å². The number of benzene rings is 12. The van der Waals surface area contributed by atoms with Gasteiger partial charge in [0.15, 0.2) is 0 Å². The molecular weight excluding hydrogens is 1120 g/mol. The monoisotopic (exact) mass is 1180 g/mol. The molecule has 428 valence electrons. The number of aromatic nitrogens is 1. The van der Waals surface area contributed by atoms with Gasteiger partial charge in [0.2, 0.25) is 0 Å². The summed E-state index contributed by atoms with van der Waals surface area (Å²) in [5.74, 6) is 1.55. The normalized spacial score (nSPS) is 13.3. The Bertz CT molecular complexity index is 5410. The van der Waals surface area contributed by atoms with Gasteiger partial charge in [-0.25, -0.2) is 0 Å². The van der Waals surface area contributed by atoms with Crippen LogP contribution in [0.3, 0.4) is 0 Å². The summed E-state index contributed by atoms with van der Waals surface area (Å²) in [4.78, 5) is 4.84. The smallest absolute Gasteiger partial charge is 0.145 e. The van der Waals surface area contributed by atoms with Crippen molar-refractivity contribution in [1.82, 2.24) is 9.47 Å². The van der Waals surface area contributed by atoms with Gasteiger partial charge in [-0.15, -0.1) is 22.7 Å². The Hall–Kier alpha value is -10.2. The van der Waals surface area contributed by atoms with E-state index in [9.17, 15) is 0 Å². The summed E-state index contributed by atoms with van der Waals surface area (Å²) >= 11 is 3.70. The molecular formula is C83H63N3OS2. The van der Waals surface area contributed by atoms with E-state index in [-0.39, 0.29) is 0 Å². The van der Waals surface area contributed by atoms with Crippen molar-refractivity contribution in [2.75, 3.05) is 19.0 Å². The van der Waals surface area contributed by atoms with Crippen LogP contribution in [0.25, 0.3) is 107 Å². The van der Waals surface area contributed by atoms with E-state index >= 15 is 0 Å². The number of fused-ring (bicyclic) bond motifs is 21. The van der Waals surface area contributed by atoms with Crippen LogP contribution in [-0.2, 0) is 12.5 Å². The molecule has 0 saturated heterocycles. The summed E-state index contributed by atoms with van der Waals surface area (Å²) in [6.07, 6.45) is 6.44. The van der Waals surface area contributed by atoms with E-state index in [2.05, 4.69) is 315 Å². The number of para-hydroxylation sites is 1. The maximum Gasteiger partial charge on any atom is 0.145 e. The third-order valence-corrected chi connectivity index (χ3v) is 20.7. The van der Waals surface area contributed by atoms with Crippen molar-refractivity contribution in [2.24, 2.45) is 7.05 Å². The van der Waals surface area contributed by atoms with Gasteiger partial charge in [0.05, 0.1) is 28.0 Å². The van der Waals surface area contributed by atoms with Crippen molar-refractivity contribution in [3.05, 3.63) is 312 Å². The fourth-order valence-corrected chi connectivity index (χ4v) is 17.1. The van der Waals surface area contributed by atoms with Gasteiger partial charge in [0.1, 0.15) is 11.5 Å². The van der Waals surface area contributed by atoms with E-state index in [4.69, 9.17) is 4.74 Å². The number of anilines is 3. The number of thiophene rings is 2. The zero-order valence-electron chi connectivity index (χ0n) is 50.5. The summed E-state index contributed by atoms with van der Waals surface area (Å²) < 4.78 is 15.3. The summed E-state index contributed by atoms with van der Waals surface area (Å²) in [6, 6.07) is 95.0. The molecule has 2 aliphatic rings. The van der Waals surface area contributed by atoms with Crippen molar-refractivity contribution in [3.8, 4) is 28.0 Å². The van der Waals surface area contributed by atoms with Crippen molar-refractivity contribution < 1.29 is 4.74 Å². The number of nitrogens with zero attached hydrogens (tertiary/aromatic N) is 3. The summed E-state index contributed by atoms with van der Waals surface area (Å²) in [7, 11) is 6.47. The van der Waals surface area contributed by atoms with Crippen molar-refractivity contribution in [1.29, 1.82) is 0 Å². The van der Waals surface area contributed by atoms with Crippen LogP contribution in [0, 0.1) is 0 Å². The minimum absolute atomic E-state index is 0.759. The van der Waals surface area contributed by atoms with Gasteiger partial charge in [0, 0.05) is 100.0 Å². The van der Waals surface area contributed by atoms with Crippen LogP contribution < -0.4 is 9.64 Å². The second-order valence-corrected chi connectivity index (χ2v) is 25.3. The van der Waals surface area contributed by atoms with Crippen LogP contribution in [0.4, 0.5) is 17.1 Å². The van der Waals surface area contributed by atoms with Crippen molar-refractivity contribution >= 4 is 124 Å². The van der Waals surface area contributed by atoms with Crippen molar-refractivity contribution in [3.63, 3.8) is 0 Å². The third-order valence-electron chi connectivity index (χ3n) is 18.4. The first-order valence-corrected chi connectivity index (χ1v) is 32.5. The predicted octanol–water partition coefficient (Wildman–Crippen LogP) is 23.0. The second-order valence-electron chi connectivity index (χ2n) is 23.2. The Morgan fingerprint density at radius 3 is 1.70 bits per heavy atom. The first-order valence-electron chi connectivity index (χ1n) is 30.9. The van der Waals surface area contributed by atoms with E-state index in [1.165, 1.54) is 117 Å². The number of aryl methyl sites for hydroxylation is 1. The first-order chi connectivity index (χ1) is 43.9. The van der Waals surface area contributed by atoms with Crippen LogP contribution in [0.5, 0.6) is 5.75 Å². The Morgan fingerprint density at radius 1 is 0.449 bits per heavy atom. The lowest BCUT2D eigenvalue weighted by molar-refractivity contribution is 0.505. The Morgan fingerprint density at radius 2 is 1.00 bits per heavy atom. The lowest BCUT2D eigenvalue weighted by Gasteiger charge is -2.33. The van der Waals surface area contributed by atoms with Gasteiger partial charge in [-0.3, -0.25) is 0 Å². The molecule has 0 aliphatic heterocycles. The number of likely N-dealkylation sites (N-methyl/N-ethyl adjacent to an activating group) is 1. The molecule has 2 aliphatic carbocycles. The molecule has 3 heterocycles. The SMILES string of the molecule is CC.C\C=C/C=C(\C(=C(\Oc1ccc2c(c1)C1(c3ccccc3-c3ccccc31)c1cc(N(c3cccc4sc5ccccc5c34)c3cccc4c3c3ccccc3n4C)c3ccccc3c1-2)c1cccc2sc3ccccc3c12)c1ccccc1)N(C)C. The largest absolute Gasteiger partial charge is 0.456 e. The molecule has 1 spiro atoms. The first kappa shape index (κ1) is 54.2. The van der Waals surface area contributed by atoms with Gasteiger partial charge in [-0.2, -0.15) is 0 Å². The molecule has 17 rings (SSSR count). The Labute approximate surface area is 527 Å². The summed E-state index contributed by atoms with van der Waals surface area (Å²) in [6.45, 7) is 6.07. The highest BCUT2D eigenvalue weighted by molar-refractivity contribution is 7.26. The van der Waals surface area contributed by atoms with E-state index in [1.807, 2.05) is 36.5 Å². The summed E-state index contributed by atoms with van der Waals surface area (Å²) in [5.41, 5.74) is 19.0. The van der Waals surface area contributed by atoms with Gasteiger partial charge in [-0.05, 0) is 135 Å². The molecule has 0 unspecified atom stereocenters. The quantitative estimate of drug-likeness (QED) is 0.0773. The van der Waals surface area contributed by atoms with E-state index in [1.54, 1.807) is 0 Å². The number of allylic oxidation sites excluding steroid dienone is 4. The van der Waals surface area contributed by atoms with Crippen LogP contribution in [0.15, 0.2) is 279 Å². The fraction of sp³-hybridized carbons (Fsp3) is 0.0843. The van der Waals surface area contributed by atoms with Crippen LogP contribution >= 0.6 is 22.7 Å². The molecule has 89 heavy (non-hydrogen) atoms. The van der Waals surface area contributed by atoms with Crippen LogP contribution in [-0.4, -0.2) is 23.6 Å². The molecule has 0 radical (unpaired) electrons. The number of rotatable bonds is 10. The zero-order valence-corrected chi connectivity index (χ0v) is 52.2. The minimum atomic E-state index is -0.759. The molecule has 3 aromatic heterocycles. The average Bonchev–Trinajstić information content (AvgIpc) is 1.51. The topological polar surface area (TPSA) is 20.6 Å². The Kier molecular flexibility index (Phi) is 13.1. The fourth-order valence-electron chi connectivity index (χ4n) is 14.9. The van der Waals surface area contributed by atoms with Crippen LogP contribution in [0.2, 0.25) is 0 Å². The number of hydrogen-bond acceptors (Lipinski definition) is 5. The number of hydrogen-bond donors (Lipinski definition) is 0. The van der Waals surface area contributed by atoms with Crippen molar-refractivity contribution in [2.45, 2.75) is 26.2 Å². The molecule has 0 saturated carbocycles. The maximum atomic E-state index is 7.95. The molecule has 12 aromatic carbocycles. The van der Waals surface area contributed by atoms with Gasteiger partial charge >= 0.3 is 0 Å². The lowest BCUT2D eigenvalue weighted by atomic mass is 9.70.